The highest BCUT2D eigenvalue weighted by Crippen LogP contribution is 2.41. The van der Waals surface area contributed by atoms with E-state index < -0.39 is 0 Å². The lowest BCUT2D eigenvalue weighted by Gasteiger charge is -2.16. The largest absolute Gasteiger partial charge is 0.381 e. The lowest BCUT2D eigenvalue weighted by atomic mass is 10.0. The number of nitrogens with zero attached hydrogens (tertiary/aromatic N) is 1. The summed E-state index contributed by atoms with van der Waals surface area (Å²) in [6.45, 7) is 0.852. The number of hydrogen-bond acceptors (Lipinski definition) is 2. The van der Waals surface area contributed by atoms with Crippen molar-refractivity contribution in [2.45, 2.75) is 25.3 Å². The first-order chi connectivity index (χ1) is 10.1. The van der Waals surface area contributed by atoms with E-state index in [1.165, 1.54) is 24.0 Å². The molecule has 1 fully saturated rings. The maximum absolute atomic E-state index is 6.32. The van der Waals surface area contributed by atoms with Crippen molar-refractivity contribution in [1.82, 2.24) is 0 Å². The van der Waals surface area contributed by atoms with E-state index in [2.05, 4.69) is 41.7 Å². The highest BCUT2D eigenvalue weighted by Gasteiger charge is 2.25. The van der Waals surface area contributed by atoms with Gasteiger partial charge in [0.15, 0.2) is 0 Å². The van der Waals surface area contributed by atoms with Crippen LogP contribution in [-0.4, -0.2) is 14.1 Å². The highest BCUT2D eigenvalue weighted by molar-refractivity contribution is 6.33. The summed E-state index contributed by atoms with van der Waals surface area (Å²) in [5, 5.41) is 4.27. The molecule has 0 atom stereocenters. The monoisotopic (exact) mass is 300 g/mol. The predicted molar refractivity (Wildman–Crippen MR) is 91.5 cm³/mol. The fourth-order valence-electron chi connectivity index (χ4n) is 2.66. The topological polar surface area (TPSA) is 15.3 Å². The smallest absolute Gasteiger partial charge is 0.0659 e. The molecule has 0 amide bonds. The Labute approximate surface area is 131 Å². The molecule has 110 valence electrons. The Balaban J connectivity index is 1.72. The summed E-state index contributed by atoms with van der Waals surface area (Å²) in [5.41, 5.74) is 5.01. The molecule has 1 aliphatic carbocycles. The molecule has 0 unspecified atom stereocenters. The van der Waals surface area contributed by atoms with Crippen molar-refractivity contribution in [3.63, 3.8) is 0 Å². The van der Waals surface area contributed by atoms with Crippen LogP contribution in [0.2, 0.25) is 5.02 Å². The van der Waals surface area contributed by atoms with Crippen molar-refractivity contribution < 1.29 is 0 Å². The molecule has 2 aromatic carbocycles. The summed E-state index contributed by atoms with van der Waals surface area (Å²) in [4.78, 5) is 2.02. The van der Waals surface area contributed by atoms with Crippen LogP contribution in [0.4, 0.5) is 11.4 Å². The summed E-state index contributed by atoms with van der Waals surface area (Å²) in [6, 6.07) is 14.9. The second-order valence-corrected chi connectivity index (χ2v) is 6.29. The highest BCUT2D eigenvalue weighted by atomic mass is 35.5. The van der Waals surface area contributed by atoms with Crippen LogP contribution >= 0.6 is 11.6 Å². The number of anilines is 2. The molecular formula is C18H21ClN2. The Morgan fingerprint density at radius 1 is 1.14 bits per heavy atom. The Morgan fingerprint density at radius 3 is 2.57 bits per heavy atom. The van der Waals surface area contributed by atoms with Crippen molar-refractivity contribution in [2.24, 2.45) is 0 Å². The van der Waals surface area contributed by atoms with Crippen LogP contribution in [0.25, 0.3) is 0 Å². The average Bonchev–Trinajstić information content (AvgIpc) is 3.29. The Hall–Kier alpha value is -1.67. The van der Waals surface area contributed by atoms with E-state index in [1.807, 2.05) is 25.1 Å². The van der Waals surface area contributed by atoms with Gasteiger partial charge in [-0.05, 0) is 48.1 Å². The fraction of sp³-hybridized carbons (Fsp3) is 0.333. The predicted octanol–water partition coefficient (Wildman–Crippen LogP) is 4.90. The van der Waals surface area contributed by atoms with E-state index in [-0.39, 0.29) is 0 Å². The molecule has 0 heterocycles. The molecule has 0 aliphatic heterocycles. The van der Waals surface area contributed by atoms with Gasteiger partial charge in [0.25, 0.3) is 0 Å². The minimum absolute atomic E-state index is 0.778. The summed E-state index contributed by atoms with van der Waals surface area (Å²) >= 11 is 6.32. The molecule has 21 heavy (non-hydrogen) atoms. The molecular weight excluding hydrogens is 280 g/mol. The SMILES string of the molecule is CN(C)c1ccc(NCc2ccccc2C2CC2)cc1Cl. The van der Waals surface area contributed by atoms with Crippen molar-refractivity contribution in [3.8, 4) is 0 Å². The lowest BCUT2D eigenvalue weighted by Crippen LogP contribution is -2.09. The van der Waals surface area contributed by atoms with E-state index >= 15 is 0 Å². The second-order valence-electron chi connectivity index (χ2n) is 5.89. The molecule has 0 saturated heterocycles. The number of nitrogens with one attached hydrogen (secondary N) is 1. The quantitative estimate of drug-likeness (QED) is 0.845. The molecule has 2 nitrogen and oxygen atoms in total. The number of benzene rings is 2. The number of hydrogen-bond donors (Lipinski definition) is 1. The van der Waals surface area contributed by atoms with E-state index in [9.17, 15) is 0 Å². The molecule has 0 bridgehead atoms. The Morgan fingerprint density at radius 2 is 1.90 bits per heavy atom. The first-order valence-electron chi connectivity index (χ1n) is 7.43. The van der Waals surface area contributed by atoms with Crippen LogP contribution in [0, 0.1) is 0 Å². The third-order valence-electron chi connectivity index (χ3n) is 3.98. The fourth-order valence-corrected chi connectivity index (χ4v) is 3.01. The minimum atomic E-state index is 0.778. The average molecular weight is 301 g/mol. The minimum Gasteiger partial charge on any atom is -0.381 e. The van der Waals surface area contributed by atoms with E-state index in [1.54, 1.807) is 0 Å². The molecule has 1 aliphatic rings. The summed E-state index contributed by atoms with van der Waals surface area (Å²) in [5.74, 6) is 0.780. The van der Waals surface area contributed by atoms with Crippen molar-refractivity contribution in [2.75, 3.05) is 24.3 Å². The van der Waals surface area contributed by atoms with Crippen LogP contribution < -0.4 is 10.2 Å². The van der Waals surface area contributed by atoms with Gasteiger partial charge in [-0.3, -0.25) is 0 Å². The second kappa shape index (κ2) is 5.98. The van der Waals surface area contributed by atoms with Crippen molar-refractivity contribution >= 4 is 23.0 Å². The molecule has 0 radical (unpaired) electrons. The molecule has 2 aromatic rings. The maximum atomic E-state index is 6.32. The summed E-state index contributed by atoms with van der Waals surface area (Å²) in [7, 11) is 4.00. The van der Waals surface area contributed by atoms with E-state index in [4.69, 9.17) is 11.6 Å². The third-order valence-corrected chi connectivity index (χ3v) is 4.29. The van der Waals surface area contributed by atoms with Gasteiger partial charge in [0.1, 0.15) is 0 Å². The standard InChI is InChI=1S/C18H21ClN2/c1-21(2)18-10-9-15(11-17(18)19)20-12-14-5-3-4-6-16(14)13-7-8-13/h3-6,9-11,13,20H,7-8,12H2,1-2H3. The van der Waals surface area contributed by atoms with Crippen LogP contribution in [-0.2, 0) is 6.54 Å². The first-order valence-corrected chi connectivity index (χ1v) is 7.81. The third kappa shape index (κ3) is 3.33. The molecule has 1 N–H and O–H groups in total. The molecule has 0 aromatic heterocycles. The van der Waals surface area contributed by atoms with Crippen molar-refractivity contribution in [3.05, 3.63) is 58.6 Å². The van der Waals surface area contributed by atoms with Gasteiger partial charge in [-0.25, -0.2) is 0 Å². The van der Waals surface area contributed by atoms with E-state index in [0.29, 0.717) is 0 Å². The zero-order chi connectivity index (χ0) is 14.8. The molecule has 0 spiro atoms. The van der Waals surface area contributed by atoms with Gasteiger partial charge in [-0.1, -0.05) is 35.9 Å². The van der Waals surface area contributed by atoms with Crippen LogP contribution in [0.1, 0.15) is 29.9 Å². The van der Waals surface area contributed by atoms with Gasteiger partial charge in [-0.15, -0.1) is 0 Å². The molecule has 3 heteroatoms. The first kappa shape index (κ1) is 14.3. The van der Waals surface area contributed by atoms with Gasteiger partial charge in [0.2, 0.25) is 0 Å². The van der Waals surface area contributed by atoms with Crippen LogP contribution in [0.3, 0.4) is 0 Å². The van der Waals surface area contributed by atoms with E-state index in [0.717, 1.165) is 28.9 Å². The van der Waals surface area contributed by atoms with Gasteiger partial charge >= 0.3 is 0 Å². The summed E-state index contributed by atoms with van der Waals surface area (Å²) in [6.07, 6.45) is 2.67. The maximum Gasteiger partial charge on any atom is 0.0659 e. The van der Waals surface area contributed by atoms with Gasteiger partial charge in [0.05, 0.1) is 10.7 Å². The zero-order valence-electron chi connectivity index (χ0n) is 12.6. The van der Waals surface area contributed by atoms with Gasteiger partial charge in [0, 0.05) is 26.3 Å². The van der Waals surface area contributed by atoms with Crippen LogP contribution in [0.5, 0.6) is 0 Å². The Kier molecular flexibility index (Phi) is 4.07. The van der Waals surface area contributed by atoms with Gasteiger partial charge < -0.3 is 10.2 Å². The van der Waals surface area contributed by atoms with Crippen molar-refractivity contribution in [1.29, 1.82) is 0 Å². The van der Waals surface area contributed by atoms with Crippen LogP contribution in [0.15, 0.2) is 42.5 Å². The normalized spacial score (nSPS) is 14.0. The van der Waals surface area contributed by atoms with Gasteiger partial charge in [-0.2, -0.15) is 0 Å². The zero-order valence-corrected chi connectivity index (χ0v) is 13.3. The summed E-state index contributed by atoms with van der Waals surface area (Å²) < 4.78 is 0. The molecule has 1 saturated carbocycles. The number of rotatable bonds is 5. The number of halogens is 1. The Bertz CT molecular complexity index is 633. The molecule has 3 rings (SSSR count). The lowest BCUT2D eigenvalue weighted by molar-refractivity contribution is 1.03.